The van der Waals surface area contributed by atoms with Gasteiger partial charge in [0.05, 0.1) is 6.54 Å². The predicted molar refractivity (Wildman–Crippen MR) is 105 cm³/mol. The first-order valence-electron chi connectivity index (χ1n) is 7.83. The minimum absolute atomic E-state index is 0. The number of benzene rings is 1. The van der Waals surface area contributed by atoms with Gasteiger partial charge in [0, 0.05) is 20.6 Å². The SMILES string of the molecule is CN1CCC(CNC(=NCc2ccccc2)N(C)C)CC1.I. The molecule has 1 saturated heterocycles. The Kier molecular flexibility index (Phi) is 8.78. The van der Waals surface area contributed by atoms with Gasteiger partial charge in [-0.3, -0.25) is 0 Å². The summed E-state index contributed by atoms with van der Waals surface area (Å²) >= 11 is 0. The summed E-state index contributed by atoms with van der Waals surface area (Å²) in [5.74, 6) is 1.75. The molecule has 1 aromatic carbocycles. The van der Waals surface area contributed by atoms with Crippen LogP contribution in [0.2, 0.25) is 0 Å². The molecule has 4 nitrogen and oxygen atoms in total. The van der Waals surface area contributed by atoms with E-state index in [1.54, 1.807) is 0 Å². The van der Waals surface area contributed by atoms with Crippen LogP contribution < -0.4 is 5.32 Å². The summed E-state index contributed by atoms with van der Waals surface area (Å²) in [5, 5.41) is 3.53. The van der Waals surface area contributed by atoms with Gasteiger partial charge >= 0.3 is 0 Å². The van der Waals surface area contributed by atoms with Crippen molar-refractivity contribution in [2.75, 3.05) is 40.8 Å². The average molecular weight is 416 g/mol. The van der Waals surface area contributed by atoms with Gasteiger partial charge in [0.1, 0.15) is 0 Å². The third-order valence-electron chi connectivity index (χ3n) is 4.06. The number of nitrogens with one attached hydrogen (secondary N) is 1. The lowest BCUT2D eigenvalue weighted by Crippen LogP contribution is -2.41. The van der Waals surface area contributed by atoms with Gasteiger partial charge in [-0.15, -0.1) is 24.0 Å². The highest BCUT2D eigenvalue weighted by atomic mass is 127. The number of piperidine rings is 1. The van der Waals surface area contributed by atoms with Crippen LogP contribution in [0.5, 0.6) is 0 Å². The normalized spacial score (nSPS) is 17.0. The summed E-state index contributed by atoms with van der Waals surface area (Å²) in [4.78, 5) is 9.19. The Morgan fingerprint density at radius 1 is 1.23 bits per heavy atom. The Morgan fingerprint density at radius 2 is 1.86 bits per heavy atom. The van der Waals surface area contributed by atoms with E-state index in [4.69, 9.17) is 4.99 Å². The summed E-state index contributed by atoms with van der Waals surface area (Å²) in [6, 6.07) is 10.4. The lowest BCUT2D eigenvalue weighted by atomic mass is 9.97. The summed E-state index contributed by atoms with van der Waals surface area (Å²) in [7, 11) is 6.30. The molecule has 1 N–H and O–H groups in total. The Morgan fingerprint density at radius 3 is 2.45 bits per heavy atom. The molecule has 1 aliphatic heterocycles. The fourth-order valence-electron chi connectivity index (χ4n) is 2.61. The summed E-state index contributed by atoms with van der Waals surface area (Å²) in [5.41, 5.74) is 1.25. The highest BCUT2D eigenvalue weighted by Crippen LogP contribution is 2.14. The minimum Gasteiger partial charge on any atom is -0.356 e. The molecule has 2 rings (SSSR count). The van der Waals surface area contributed by atoms with Crippen molar-refractivity contribution in [1.29, 1.82) is 0 Å². The molecule has 1 heterocycles. The van der Waals surface area contributed by atoms with E-state index in [1.165, 1.54) is 31.5 Å². The third kappa shape index (κ3) is 6.52. The Labute approximate surface area is 152 Å². The van der Waals surface area contributed by atoms with Gasteiger partial charge in [0.15, 0.2) is 5.96 Å². The standard InChI is InChI=1S/C17H28N4.HI/c1-20(2)17(18-13-15-7-5-4-6-8-15)19-14-16-9-11-21(3)12-10-16;/h4-8,16H,9-14H2,1-3H3,(H,18,19);1H. The highest BCUT2D eigenvalue weighted by molar-refractivity contribution is 14.0. The highest BCUT2D eigenvalue weighted by Gasteiger charge is 2.17. The van der Waals surface area contributed by atoms with Gasteiger partial charge in [-0.25, -0.2) is 4.99 Å². The molecule has 1 aliphatic rings. The smallest absolute Gasteiger partial charge is 0.193 e. The van der Waals surface area contributed by atoms with Crippen LogP contribution >= 0.6 is 24.0 Å². The first-order chi connectivity index (χ1) is 10.1. The molecule has 0 aromatic heterocycles. The fourth-order valence-corrected chi connectivity index (χ4v) is 2.61. The van der Waals surface area contributed by atoms with E-state index in [9.17, 15) is 0 Å². The maximum atomic E-state index is 4.71. The van der Waals surface area contributed by atoms with Gasteiger partial charge in [-0.05, 0) is 44.5 Å². The zero-order valence-corrected chi connectivity index (χ0v) is 16.3. The number of halogens is 1. The summed E-state index contributed by atoms with van der Waals surface area (Å²) < 4.78 is 0. The molecule has 1 fully saturated rings. The first kappa shape index (κ1) is 19.2. The van der Waals surface area contributed by atoms with Gasteiger partial charge in [0.2, 0.25) is 0 Å². The van der Waals surface area contributed by atoms with Crippen molar-refractivity contribution in [3.05, 3.63) is 35.9 Å². The van der Waals surface area contributed by atoms with Gasteiger partial charge in [-0.2, -0.15) is 0 Å². The number of likely N-dealkylation sites (tertiary alicyclic amines) is 1. The molecule has 0 bridgehead atoms. The van der Waals surface area contributed by atoms with Gasteiger partial charge < -0.3 is 15.1 Å². The van der Waals surface area contributed by atoms with Crippen molar-refractivity contribution in [2.24, 2.45) is 10.9 Å². The van der Waals surface area contributed by atoms with Crippen molar-refractivity contribution in [2.45, 2.75) is 19.4 Å². The summed E-state index contributed by atoms with van der Waals surface area (Å²) in [6.07, 6.45) is 2.56. The van der Waals surface area contributed by atoms with E-state index in [-0.39, 0.29) is 24.0 Å². The molecule has 0 radical (unpaired) electrons. The second kappa shape index (κ2) is 10.0. The van der Waals surface area contributed by atoms with Crippen molar-refractivity contribution in [1.82, 2.24) is 15.1 Å². The quantitative estimate of drug-likeness (QED) is 0.465. The molecule has 0 atom stereocenters. The maximum absolute atomic E-state index is 4.71. The number of hydrogen-bond donors (Lipinski definition) is 1. The zero-order chi connectivity index (χ0) is 15.1. The van der Waals surface area contributed by atoms with Crippen LogP contribution in [0.15, 0.2) is 35.3 Å². The number of rotatable bonds is 4. The number of hydrogen-bond acceptors (Lipinski definition) is 2. The fraction of sp³-hybridized carbons (Fsp3) is 0.588. The molecule has 0 amide bonds. The number of nitrogens with zero attached hydrogens (tertiary/aromatic N) is 3. The molecule has 0 aliphatic carbocycles. The second-order valence-corrected chi connectivity index (χ2v) is 6.15. The second-order valence-electron chi connectivity index (χ2n) is 6.15. The van der Waals surface area contributed by atoms with Crippen LogP contribution in [0.25, 0.3) is 0 Å². The van der Waals surface area contributed by atoms with Crippen molar-refractivity contribution in [3.63, 3.8) is 0 Å². The first-order valence-corrected chi connectivity index (χ1v) is 7.83. The van der Waals surface area contributed by atoms with Crippen LogP contribution in [0.1, 0.15) is 18.4 Å². The van der Waals surface area contributed by atoms with Crippen LogP contribution in [0.3, 0.4) is 0 Å². The van der Waals surface area contributed by atoms with E-state index >= 15 is 0 Å². The van der Waals surface area contributed by atoms with E-state index in [0.29, 0.717) is 0 Å². The van der Waals surface area contributed by atoms with Gasteiger partial charge in [-0.1, -0.05) is 30.3 Å². The van der Waals surface area contributed by atoms with E-state index in [2.05, 4.69) is 46.4 Å². The predicted octanol–water partition coefficient (Wildman–Crippen LogP) is 2.65. The molecule has 124 valence electrons. The van der Waals surface area contributed by atoms with Crippen molar-refractivity contribution >= 4 is 29.9 Å². The molecule has 0 unspecified atom stereocenters. The van der Waals surface area contributed by atoms with Crippen LogP contribution in [0, 0.1) is 5.92 Å². The molecular weight excluding hydrogens is 387 g/mol. The van der Waals surface area contributed by atoms with Crippen molar-refractivity contribution in [3.8, 4) is 0 Å². The van der Waals surface area contributed by atoms with E-state index < -0.39 is 0 Å². The number of guanidine groups is 1. The molecule has 1 aromatic rings. The molecule has 0 spiro atoms. The zero-order valence-electron chi connectivity index (χ0n) is 14.0. The molecule has 0 saturated carbocycles. The summed E-state index contributed by atoms with van der Waals surface area (Å²) in [6.45, 7) is 4.18. The molecular formula is C17H29IN4. The monoisotopic (exact) mass is 416 g/mol. The lowest BCUT2D eigenvalue weighted by molar-refractivity contribution is 0.219. The Hall–Kier alpha value is -0.820. The van der Waals surface area contributed by atoms with E-state index in [1.807, 2.05) is 20.2 Å². The van der Waals surface area contributed by atoms with Crippen LogP contribution in [0.4, 0.5) is 0 Å². The van der Waals surface area contributed by atoms with Gasteiger partial charge in [0.25, 0.3) is 0 Å². The van der Waals surface area contributed by atoms with Crippen molar-refractivity contribution < 1.29 is 0 Å². The largest absolute Gasteiger partial charge is 0.356 e. The third-order valence-corrected chi connectivity index (χ3v) is 4.06. The van der Waals surface area contributed by atoms with Crippen LogP contribution in [-0.4, -0.2) is 56.5 Å². The number of aliphatic imine (C=N–C) groups is 1. The maximum Gasteiger partial charge on any atom is 0.193 e. The Balaban J connectivity index is 0.00000242. The Bertz CT molecular complexity index is 439. The topological polar surface area (TPSA) is 30.9 Å². The molecule has 22 heavy (non-hydrogen) atoms. The molecule has 5 heteroatoms. The van der Waals surface area contributed by atoms with E-state index in [0.717, 1.165) is 25.0 Å². The average Bonchev–Trinajstić information content (AvgIpc) is 2.49. The minimum atomic E-state index is 0. The lowest BCUT2D eigenvalue weighted by Gasteiger charge is -2.30. The van der Waals surface area contributed by atoms with Crippen LogP contribution in [-0.2, 0) is 6.54 Å².